The van der Waals surface area contributed by atoms with E-state index in [0.29, 0.717) is 31.2 Å². The summed E-state index contributed by atoms with van der Waals surface area (Å²) in [6, 6.07) is 10.2. The Bertz CT molecular complexity index is 743. The first kappa shape index (κ1) is 19.0. The van der Waals surface area contributed by atoms with Crippen LogP contribution in [0.25, 0.3) is 0 Å². The summed E-state index contributed by atoms with van der Waals surface area (Å²) < 4.78 is 0. The Hall–Kier alpha value is -1.37. The smallest absolute Gasteiger partial charge is 0.207 e. The van der Waals surface area contributed by atoms with Gasteiger partial charge in [0.1, 0.15) is 0 Å². The van der Waals surface area contributed by atoms with Gasteiger partial charge in [-0.05, 0) is 36.5 Å². The second-order valence-corrected chi connectivity index (χ2v) is 6.50. The molecule has 4 nitrogen and oxygen atoms in total. The van der Waals surface area contributed by atoms with Crippen LogP contribution in [0.4, 0.5) is 0 Å². The fraction of sp³-hybridized carbons (Fsp3) is 0. The Morgan fingerprint density at radius 2 is 1.21 bits per heavy atom. The van der Waals surface area contributed by atoms with Crippen LogP contribution in [0, 0.1) is 0 Å². The van der Waals surface area contributed by atoms with Crippen LogP contribution in [0.15, 0.2) is 46.6 Å². The first-order valence-corrected chi connectivity index (χ1v) is 8.40. The van der Waals surface area contributed by atoms with Crippen molar-refractivity contribution in [3.8, 4) is 0 Å². The van der Waals surface area contributed by atoms with Crippen LogP contribution in [-0.2, 0) is 0 Å². The molecule has 2 rings (SSSR count). The summed E-state index contributed by atoms with van der Waals surface area (Å²) in [7, 11) is 0. The lowest BCUT2D eigenvalue weighted by molar-refractivity contribution is 0.935. The Morgan fingerprint density at radius 1 is 0.792 bits per heavy atom. The average Bonchev–Trinajstić information content (AvgIpc) is 2.51. The first-order valence-electron chi connectivity index (χ1n) is 6.48. The number of nitrogens with zero attached hydrogens (tertiary/aromatic N) is 2. The van der Waals surface area contributed by atoms with Crippen LogP contribution in [0.2, 0.25) is 20.1 Å². The van der Waals surface area contributed by atoms with Gasteiger partial charge in [0.05, 0.1) is 22.5 Å². The van der Waals surface area contributed by atoms with Crippen molar-refractivity contribution in [2.24, 2.45) is 10.2 Å². The molecule has 0 unspecified atom stereocenters. The van der Waals surface area contributed by atoms with Crippen LogP contribution in [0.3, 0.4) is 0 Å². The minimum absolute atomic E-state index is 0.206. The molecular formula is C15H10Cl4N4S. The van der Waals surface area contributed by atoms with E-state index in [4.69, 9.17) is 58.6 Å². The van der Waals surface area contributed by atoms with E-state index >= 15 is 0 Å². The molecule has 0 aromatic heterocycles. The molecule has 0 aliphatic rings. The van der Waals surface area contributed by atoms with Gasteiger partial charge in [0.2, 0.25) is 5.11 Å². The summed E-state index contributed by atoms with van der Waals surface area (Å²) in [5, 5.41) is 10.2. The molecule has 0 saturated carbocycles. The Labute approximate surface area is 164 Å². The normalized spacial score (nSPS) is 11.2. The molecule has 124 valence electrons. The van der Waals surface area contributed by atoms with Crippen molar-refractivity contribution in [2.75, 3.05) is 0 Å². The topological polar surface area (TPSA) is 48.8 Å². The van der Waals surface area contributed by atoms with Gasteiger partial charge in [-0.25, -0.2) is 0 Å². The average molecular weight is 420 g/mol. The van der Waals surface area contributed by atoms with E-state index in [1.165, 1.54) is 12.4 Å². The molecule has 0 bridgehead atoms. The zero-order valence-electron chi connectivity index (χ0n) is 11.9. The molecule has 0 atom stereocenters. The molecule has 0 aliphatic carbocycles. The summed E-state index contributed by atoms with van der Waals surface area (Å²) in [5.74, 6) is 0. The lowest BCUT2D eigenvalue weighted by atomic mass is 10.2. The van der Waals surface area contributed by atoms with Gasteiger partial charge in [0.15, 0.2) is 0 Å². The summed E-state index contributed by atoms with van der Waals surface area (Å²) in [6.07, 6.45) is 3.04. The third-order valence-corrected chi connectivity index (χ3v) is 3.97. The van der Waals surface area contributed by atoms with E-state index in [-0.39, 0.29) is 5.11 Å². The summed E-state index contributed by atoms with van der Waals surface area (Å²) in [5.41, 5.74) is 6.63. The molecule has 0 radical (unpaired) electrons. The van der Waals surface area contributed by atoms with Crippen molar-refractivity contribution in [1.82, 2.24) is 10.9 Å². The monoisotopic (exact) mass is 418 g/mol. The van der Waals surface area contributed by atoms with Crippen LogP contribution < -0.4 is 10.9 Å². The minimum Gasteiger partial charge on any atom is -0.252 e. The van der Waals surface area contributed by atoms with Crippen LogP contribution >= 0.6 is 58.6 Å². The third kappa shape index (κ3) is 5.92. The van der Waals surface area contributed by atoms with Gasteiger partial charge < -0.3 is 0 Å². The van der Waals surface area contributed by atoms with Gasteiger partial charge in [0.25, 0.3) is 0 Å². The van der Waals surface area contributed by atoms with E-state index in [0.717, 1.165) is 0 Å². The maximum atomic E-state index is 6.02. The quantitative estimate of drug-likeness (QED) is 0.410. The fourth-order valence-corrected chi connectivity index (χ4v) is 2.58. The summed E-state index contributed by atoms with van der Waals surface area (Å²) >= 11 is 28.7. The van der Waals surface area contributed by atoms with Gasteiger partial charge in [0, 0.05) is 21.2 Å². The van der Waals surface area contributed by atoms with E-state index < -0.39 is 0 Å². The van der Waals surface area contributed by atoms with Gasteiger partial charge in [-0.2, -0.15) is 10.2 Å². The van der Waals surface area contributed by atoms with Crippen LogP contribution in [-0.4, -0.2) is 17.5 Å². The fourth-order valence-electron chi connectivity index (χ4n) is 1.56. The maximum absolute atomic E-state index is 6.02. The number of hydrogen-bond donors (Lipinski definition) is 2. The number of benzene rings is 2. The van der Waals surface area contributed by atoms with Crippen molar-refractivity contribution < 1.29 is 0 Å². The second-order valence-electron chi connectivity index (χ2n) is 4.40. The Kier molecular flexibility index (Phi) is 7.27. The van der Waals surface area contributed by atoms with Gasteiger partial charge in [-0.3, -0.25) is 10.9 Å². The summed E-state index contributed by atoms with van der Waals surface area (Å²) in [6.45, 7) is 0. The first-order chi connectivity index (χ1) is 11.5. The number of hydrogen-bond acceptors (Lipinski definition) is 3. The molecule has 9 heteroatoms. The zero-order valence-corrected chi connectivity index (χ0v) is 15.8. The predicted octanol–water partition coefficient (Wildman–Crippen LogP) is 5.13. The number of halogens is 4. The van der Waals surface area contributed by atoms with E-state index in [9.17, 15) is 0 Å². The highest BCUT2D eigenvalue weighted by atomic mass is 35.5. The van der Waals surface area contributed by atoms with Crippen molar-refractivity contribution in [3.05, 3.63) is 67.6 Å². The second kappa shape index (κ2) is 9.20. The van der Waals surface area contributed by atoms with E-state index in [2.05, 4.69) is 21.1 Å². The van der Waals surface area contributed by atoms with Gasteiger partial charge in [-0.1, -0.05) is 58.5 Å². The lowest BCUT2D eigenvalue weighted by Crippen LogP contribution is -2.28. The van der Waals surface area contributed by atoms with Gasteiger partial charge >= 0.3 is 0 Å². The molecule has 0 heterocycles. The molecule has 0 aliphatic heterocycles. The Morgan fingerprint density at radius 3 is 1.58 bits per heavy atom. The van der Waals surface area contributed by atoms with Crippen molar-refractivity contribution in [1.29, 1.82) is 0 Å². The van der Waals surface area contributed by atoms with Gasteiger partial charge in [-0.15, -0.1) is 0 Å². The number of nitrogens with one attached hydrogen (secondary N) is 2. The minimum atomic E-state index is 0.206. The summed E-state index contributed by atoms with van der Waals surface area (Å²) in [4.78, 5) is 0. The van der Waals surface area contributed by atoms with E-state index in [1.54, 1.807) is 36.4 Å². The van der Waals surface area contributed by atoms with Crippen molar-refractivity contribution in [2.45, 2.75) is 0 Å². The maximum Gasteiger partial charge on any atom is 0.207 e. The highest BCUT2D eigenvalue weighted by molar-refractivity contribution is 7.80. The number of thiocarbonyl (C=S) groups is 1. The molecule has 0 saturated heterocycles. The molecule has 0 spiro atoms. The van der Waals surface area contributed by atoms with Crippen LogP contribution in [0.5, 0.6) is 0 Å². The molecular weight excluding hydrogens is 410 g/mol. The third-order valence-electron chi connectivity index (χ3n) is 2.66. The molecule has 0 amide bonds. The highest BCUT2D eigenvalue weighted by Crippen LogP contribution is 2.20. The molecule has 24 heavy (non-hydrogen) atoms. The lowest BCUT2D eigenvalue weighted by Gasteiger charge is -2.02. The SMILES string of the molecule is S=C(NN=Cc1ccc(Cl)cc1Cl)N/N=C/c1ccc(Cl)cc1Cl. The van der Waals surface area contributed by atoms with Crippen molar-refractivity contribution in [3.63, 3.8) is 0 Å². The number of rotatable bonds is 4. The molecule has 2 aromatic rings. The zero-order chi connectivity index (χ0) is 17.5. The molecule has 0 fully saturated rings. The highest BCUT2D eigenvalue weighted by Gasteiger charge is 1.99. The largest absolute Gasteiger partial charge is 0.252 e. The molecule has 2 N–H and O–H groups in total. The van der Waals surface area contributed by atoms with E-state index in [1.807, 2.05) is 0 Å². The standard InChI is InChI=1S/C15H10Cl4N4S/c16-11-3-1-9(13(18)5-11)7-20-22-15(24)23-21-8-10-2-4-12(17)6-14(10)19/h1-8H,(H2,22,23,24)/b20-7+,21-8?. The van der Waals surface area contributed by atoms with Crippen molar-refractivity contribution >= 4 is 76.2 Å². The number of hydrazone groups is 2. The Balaban J connectivity index is 1.87. The molecule has 2 aromatic carbocycles. The predicted molar refractivity (Wildman–Crippen MR) is 107 cm³/mol. The van der Waals surface area contributed by atoms with Crippen LogP contribution in [0.1, 0.15) is 11.1 Å².